The lowest BCUT2D eigenvalue weighted by molar-refractivity contribution is -0.123. The number of piperazine rings is 1. The van der Waals surface area contributed by atoms with Crippen LogP contribution in [0.5, 0.6) is 0 Å². The zero-order valence-electron chi connectivity index (χ0n) is 14.4. The molecule has 8 heteroatoms. The Bertz CT molecular complexity index is 981. The van der Waals surface area contributed by atoms with E-state index < -0.39 is 15.9 Å². The topological polar surface area (TPSA) is 57.7 Å². The zero-order valence-corrected chi connectivity index (χ0v) is 16.8. The zero-order chi connectivity index (χ0) is 19.2. The molecule has 4 rings (SSSR count). The Balaban J connectivity index is 1.68. The van der Waals surface area contributed by atoms with Gasteiger partial charge in [0.05, 0.1) is 24.1 Å². The second-order valence-corrected chi connectivity index (χ2v) is 10.0. The lowest BCUT2D eigenvalue weighted by Crippen LogP contribution is -2.61. The van der Waals surface area contributed by atoms with E-state index in [1.54, 1.807) is 40.1 Å². The van der Waals surface area contributed by atoms with Crippen molar-refractivity contribution in [3.63, 3.8) is 0 Å². The van der Waals surface area contributed by atoms with Gasteiger partial charge in [-0.15, -0.1) is 0 Å². The molecule has 0 saturated carbocycles. The number of hydrogen-bond donors (Lipinski definition) is 0. The standard InChI is InChI=1S/C19H18BrFN2O3S/c20-14-5-7-15(8-6-14)23-18-12-27(25,26)11-17(18)22(10-19(23)24)9-13-3-1-2-4-16(13)21/h1-8,17-18H,9-12H2/t17-,18-/m1/s1. The first-order valence-electron chi connectivity index (χ1n) is 8.59. The molecule has 0 unspecified atom stereocenters. The van der Waals surface area contributed by atoms with E-state index in [4.69, 9.17) is 0 Å². The number of nitrogens with zero attached hydrogens (tertiary/aromatic N) is 2. The van der Waals surface area contributed by atoms with E-state index in [2.05, 4.69) is 15.9 Å². The maximum atomic E-state index is 14.1. The van der Waals surface area contributed by atoms with E-state index in [1.807, 2.05) is 12.1 Å². The molecule has 0 aromatic heterocycles. The third-order valence-corrected chi connectivity index (χ3v) is 7.36. The Kier molecular flexibility index (Phi) is 4.82. The van der Waals surface area contributed by atoms with Crippen molar-refractivity contribution in [3.05, 3.63) is 64.4 Å². The number of rotatable bonds is 3. The number of hydrogen-bond acceptors (Lipinski definition) is 4. The summed E-state index contributed by atoms with van der Waals surface area (Å²) in [6.07, 6.45) is 0. The number of sulfone groups is 1. The minimum absolute atomic E-state index is 0.0214. The van der Waals surface area contributed by atoms with Crippen molar-refractivity contribution in [2.45, 2.75) is 18.6 Å². The highest BCUT2D eigenvalue weighted by atomic mass is 79.9. The van der Waals surface area contributed by atoms with Gasteiger partial charge in [0.1, 0.15) is 5.82 Å². The summed E-state index contributed by atoms with van der Waals surface area (Å²) in [6.45, 7) is 0.268. The lowest BCUT2D eigenvalue weighted by atomic mass is 10.0. The molecular weight excluding hydrogens is 435 g/mol. The second-order valence-electron chi connectivity index (χ2n) is 6.95. The Morgan fingerprint density at radius 1 is 1.04 bits per heavy atom. The van der Waals surface area contributed by atoms with Gasteiger partial charge in [0, 0.05) is 28.3 Å². The molecule has 0 radical (unpaired) electrons. The van der Waals surface area contributed by atoms with Crippen LogP contribution in [0.3, 0.4) is 0 Å². The van der Waals surface area contributed by atoms with Gasteiger partial charge in [-0.05, 0) is 30.3 Å². The van der Waals surface area contributed by atoms with Gasteiger partial charge < -0.3 is 4.90 Å². The molecule has 0 bridgehead atoms. The Morgan fingerprint density at radius 3 is 2.41 bits per heavy atom. The SMILES string of the molecule is O=C1CN(Cc2ccccc2F)[C@@H]2CS(=O)(=O)C[C@H]2N1c1ccc(Br)cc1. The molecule has 2 aliphatic rings. The Hall–Kier alpha value is -1.77. The number of fused-ring (bicyclic) bond motifs is 1. The summed E-state index contributed by atoms with van der Waals surface area (Å²) in [5.41, 5.74) is 1.14. The van der Waals surface area contributed by atoms with Crippen LogP contribution in [-0.2, 0) is 21.2 Å². The molecule has 27 heavy (non-hydrogen) atoms. The number of amides is 1. The average Bonchev–Trinajstić information content (AvgIpc) is 2.93. The first kappa shape index (κ1) is 18.6. The monoisotopic (exact) mass is 452 g/mol. The van der Waals surface area contributed by atoms with Gasteiger partial charge in [0.2, 0.25) is 5.91 Å². The molecule has 2 aliphatic heterocycles. The highest BCUT2D eigenvalue weighted by Gasteiger charge is 2.49. The fourth-order valence-electron chi connectivity index (χ4n) is 3.91. The van der Waals surface area contributed by atoms with Gasteiger partial charge in [0.25, 0.3) is 0 Å². The first-order chi connectivity index (χ1) is 12.8. The average molecular weight is 453 g/mol. The molecule has 0 spiro atoms. The highest BCUT2D eigenvalue weighted by Crippen LogP contribution is 2.33. The van der Waals surface area contributed by atoms with Crippen molar-refractivity contribution >= 4 is 37.4 Å². The maximum absolute atomic E-state index is 14.1. The summed E-state index contributed by atoms with van der Waals surface area (Å²) < 4.78 is 39.7. The Labute approximate surface area is 165 Å². The molecular formula is C19H18BrFN2O3S. The molecule has 142 valence electrons. The van der Waals surface area contributed by atoms with Crippen LogP contribution in [0, 0.1) is 5.82 Å². The van der Waals surface area contributed by atoms with Gasteiger partial charge in [-0.25, -0.2) is 12.8 Å². The Morgan fingerprint density at radius 2 is 1.70 bits per heavy atom. The van der Waals surface area contributed by atoms with E-state index in [9.17, 15) is 17.6 Å². The number of carbonyl (C=O) groups is 1. The van der Waals surface area contributed by atoms with Crippen molar-refractivity contribution in [1.29, 1.82) is 0 Å². The van der Waals surface area contributed by atoms with E-state index in [0.717, 1.165) is 4.47 Å². The maximum Gasteiger partial charge on any atom is 0.241 e. The molecule has 2 atom stereocenters. The van der Waals surface area contributed by atoms with Gasteiger partial charge in [0.15, 0.2) is 9.84 Å². The van der Waals surface area contributed by atoms with Crippen molar-refractivity contribution in [2.75, 3.05) is 23.0 Å². The molecule has 2 aromatic carbocycles. The molecule has 2 aromatic rings. The van der Waals surface area contributed by atoms with Crippen molar-refractivity contribution in [1.82, 2.24) is 4.90 Å². The molecule has 0 aliphatic carbocycles. The van der Waals surface area contributed by atoms with Crippen LogP contribution in [0.4, 0.5) is 10.1 Å². The number of benzene rings is 2. The van der Waals surface area contributed by atoms with Crippen LogP contribution in [0.15, 0.2) is 53.0 Å². The van der Waals surface area contributed by atoms with Crippen molar-refractivity contribution in [2.24, 2.45) is 0 Å². The van der Waals surface area contributed by atoms with Crippen LogP contribution in [0.2, 0.25) is 0 Å². The molecule has 2 heterocycles. The fraction of sp³-hybridized carbons (Fsp3) is 0.316. The molecule has 1 amide bonds. The first-order valence-corrected chi connectivity index (χ1v) is 11.2. The predicted molar refractivity (Wildman–Crippen MR) is 105 cm³/mol. The van der Waals surface area contributed by atoms with Gasteiger partial charge >= 0.3 is 0 Å². The summed E-state index contributed by atoms with van der Waals surface area (Å²) in [5.74, 6) is -0.621. The summed E-state index contributed by atoms with van der Waals surface area (Å²) in [6, 6.07) is 12.8. The minimum atomic E-state index is -3.28. The second kappa shape index (κ2) is 7.00. The highest BCUT2D eigenvalue weighted by molar-refractivity contribution is 9.10. The summed E-state index contributed by atoms with van der Waals surface area (Å²) in [7, 11) is -3.28. The van der Waals surface area contributed by atoms with Crippen LogP contribution in [0.25, 0.3) is 0 Å². The quantitative estimate of drug-likeness (QED) is 0.717. The number of anilines is 1. The molecule has 2 saturated heterocycles. The largest absolute Gasteiger partial charge is 0.306 e. The van der Waals surface area contributed by atoms with E-state index in [0.29, 0.717) is 11.3 Å². The predicted octanol–water partition coefficient (Wildman–Crippen LogP) is 2.60. The smallest absolute Gasteiger partial charge is 0.241 e. The van der Waals surface area contributed by atoms with E-state index in [1.165, 1.54) is 6.07 Å². The summed E-state index contributed by atoms with van der Waals surface area (Å²) >= 11 is 3.37. The van der Waals surface area contributed by atoms with Crippen LogP contribution >= 0.6 is 15.9 Å². The van der Waals surface area contributed by atoms with Crippen LogP contribution in [-0.4, -0.2) is 49.4 Å². The normalized spacial score (nSPS) is 24.8. The van der Waals surface area contributed by atoms with Crippen LogP contribution < -0.4 is 4.90 Å². The number of carbonyl (C=O) groups excluding carboxylic acids is 1. The van der Waals surface area contributed by atoms with Gasteiger partial charge in [-0.2, -0.15) is 0 Å². The third kappa shape index (κ3) is 3.66. The molecule has 0 N–H and O–H groups in total. The third-order valence-electron chi connectivity index (χ3n) is 5.14. The number of halogens is 2. The minimum Gasteiger partial charge on any atom is -0.306 e. The van der Waals surface area contributed by atoms with E-state index in [-0.39, 0.29) is 42.4 Å². The molecule has 5 nitrogen and oxygen atoms in total. The van der Waals surface area contributed by atoms with Gasteiger partial charge in [-0.3, -0.25) is 9.69 Å². The van der Waals surface area contributed by atoms with Crippen molar-refractivity contribution < 1.29 is 17.6 Å². The molecule has 2 fully saturated rings. The lowest BCUT2D eigenvalue weighted by Gasteiger charge is -2.43. The van der Waals surface area contributed by atoms with Crippen LogP contribution in [0.1, 0.15) is 5.56 Å². The van der Waals surface area contributed by atoms with Gasteiger partial charge in [-0.1, -0.05) is 34.1 Å². The fourth-order valence-corrected chi connectivity index (χ4v) is 6.16. The van der Waals surface area contributed by atoms with Crippen molar-refractivity contribution in [3.8, 4) is 0 Å². The summed E-state index contributed by atoms with van der Waals surface area (Å²) in [5, 5.41) is 0. The van der Waals surface area contributed by atoms with E-state index >= 15 is 0 Å². The summed E-state index contributed by atoms with van der Waals surface area (Å²) in [4.78, 5) is 16.3.